The zero-order valence-corrected chi connectivity index (χ0v) is 7.37. The number of rotatable bonds is 3. The Labute approximate surface area is 74.2 Å². The summed E-state index contributed by atoms with van der Waals surface area (Å²) in [4.78, 5) is 14.4. The van der Waals surface area contributed by atoms with Crippen LogP contribution in [0.5, 0.6) is 0 Å². The number of hydrogen-bond acceptors (Lipinski definition) is 4. The van der Waals surface area contributed by atoms with E-state index in [2.05, 4.69) is 4.98 Å². The average Bonchev–Trinajstić information content (AvgIpc) is 2.05. The van der Waals surface area contributed by atoms with E-state index in [9.17, 15) is 10.1 Å². The standard InChI is InChI=1S/C7H8N2O2S/c1-2-12-7-3-4-8-5-6(7)9(10)11/h3-5H,2H2,1H3. The molecule has 0 fully saturated rings. The van der Waals surface area contributed by atoms with Crippen molar-refractivity contribution in [2.45, 2.75) is 11.8 Å². The molecule has 0 spiro atoms. The Morgan fingerprint density at radius 2 is 2.50 bits per heavy atom. The van der Waals surface area contributed by atoms with E-state index < -0.39 is 4.92 Å². The Balaban J connectivity index is 3.00. The molecule has 0 aromatic carbocycles. The first-order valence-electron chi connectivity index (χ1n) is 3.47. The summed E-state index contributed by atoms with van der Waals surface area (Å²) in [7, 11) is 0. The summed E-state index contributed by atoms with van der Waals surface area (Å²) in [5.74, 6) is 0.824. The van der Waals surface area contributed by atoms with E-state index in [4.69, 9.17) is 0 Å². The molecule has 0 radical (unpaired) electrons. The van der Waals surface area contributed by atoms with Gasteiger partial charge in [-0.2, -0.15) is 0 Å². The highest BCUT2D eigenvalue weighted by Crippen LogP contribution is 2.26. The highest BCUT2D eigenvalue weighted by atomic mass is 32.2. The molecule has 1 heterocycles. The van der Waals surface area contributed by atoms with Crippen LogP contribution in [0.1, 0.15) is 6.92 Å². The molecular weight excluding hydrogens is 176 g/mol. The van der Waals surface area contributed by atoms with Crippen LogP contribution < -0.4 is 0 Å². The molecule has 4 nitrogen and oxygen atoms in total. The topological polar surface area (TPSA) is 56.0 Å². The Morgan fingerprint density at radius 3 is 3.08 bits per heavy atom. The second kappa shape index (κ2) is 4.06. The first kappa shape index (κ1) is 8.99. The molecule has 12 heavy (non-hydrogen) atoms. The Bertz CT molecular complexity index is 290. The minimum atomic E-state index is -0.412. The minimum absolute atomic E-state index is 0.0874. The number of pyridine rings is 1. The summed E-state index contributed by atoms with van der Waals surface area (Å²) in [5, 5.41) is 10.4. The van der Waals surface area contributed by atoms with Crippen LogP contribution in [0.2, 0.25) is 0 Å². The lowest BCUT2D eigenvalue weighted by Gasteiger charge is -1.97. The molecule has 0 aliphatic heterocycles. The van der Waals surface area contributed by atoms with E-state index in [1.54, 1.807) is 12.3 Å². The largest absolute Gasteiger partial charge is 0.300 e. The van der Waals surface area contributed by atoms with E-state index in [1.807, 2.05) is 6.92 Å². The van der Waals surface area contributed by atoms with Crippen molar-refractivity contribution < 1.29 is 4.92 Å². The lowest BCUT2D eigenvalue weighted by Crippen LogP contribution is -1.91. The third-order valence-corrected chi connectivity index (χ3v) is 2.20. The quantitative estimate of drug-likeness (QED) is 0.410. The van der Waals surface area contributed by atoms with Crippen LogP contribution in [0.3, 0.4) is 0 Å². The normalized spacial score (nSPS) is 9.75. The third-order valence-electron chi connectivity index (χ3n) is 1.26. The van der Waals surface area contributed by atoms with Gasteiger partial charge in [-0.3, -0.25) is 15.1 Å². The van der Waals surface area contributed by atoms with E-state index >= 15 is 0 Å². The lowest BCUT2D eigenvalue weighted by atomic mass is 10.4. The van der Waals surface area contributed by atoms with Crippen LogP contribution in [0, 0.1) is 10.1 Å². The van der Waals surface area contributed by atoms with E-state index in [0.717, 1.165) is 5.75 Å². The molecule has 0 atom stereocenters. The third kappa shape index (κ3) is 1.94. The fourth-order valence-electron chi connectivity index (χ4n) is 0.788. The summed E-state index contributed by atoms with van der Waals surface area (Å²) < 4.78 is 0. The van der Waals surface area contributed by atoms with Crippen LogP contribution in [-0.2, 0) is 0 Å². The van der Waals surface area contributed by atoms with Crippen molar-refractivity contribution in [2.24, 2.45) is 0 Å². The van der Waals surface area contributed by atoms with Gasteiger partial charge >= 0.3 is 5.69 Å². The SMILES string of the molecule is CCSc1ccncc1[N+](=O)[O-]. The predicted octanol–water partition coefficient (Wildman–Crippen LogP) is 2.10. The zero-order chi connectivity index (χ0) is 8.97. The van der Waals surface area contributed by atoms with Gasteiger partial charge in [0.2, 0.25) is 0 Å². The van der Waals surface area contributed by atoms with Gasteiger partial charge in [0.25, 0.3) is 0 Å². The molecule has 64 valence electrons. The monoisotopic (exact) mass is 184 g/mol. The van der Waals surface area contributed by atoms with Crippen LogP contribution in [-0.4, -0.2) is 15.7 Å². The molecular formula is C7H8N2O2S. The number of aromatic nitrogens is 1. The Kier molecular flexibility index (Phi) is 3.04. The summed E-state index contributed by atoms with van der Waals surface area (Å²) >= 11 is 1.45. The summed E-state index contributed by atoms with van der Waals surface area (Å²) in [6.07, 6.45) is 2.84. The zero-order valence-electron chi connectivity index (χ0n) is 6.56. The van der Waals surface area contributed by atoms with Gasteiger partial charge in [-0.25, -0.2) is 0 Å². The highest BCUT2D eigenvalue weighted by Gasteiger charge is 2.11. The Hall–Kier alpha value is -1.10. The fourth-order valence-corrected chi connectivity index (χ4v) is 1.53. The summed E-state index contributed by atoms with van der Waals surface area (Å²) in [6, 6.07) is 1.66. The van der Waals surface area contributed by atoms with Crippen LogP contribution in [0.25, 0.3) is 0 Å². The molecule has 1 aromatic heterocycles. The molecule has 0 saturated carbocycles. The van der Waals surface area contributed by atoms with Crippen LogP contribution in [0.4, 0.5) is 5.69 Å². The first-order chi connectivity index (χ1) is 5.75. The van der Waals surface area contributed by atoms with Gasteiger partial charge in [-0.05, 0) is 11.8 Å². The first-order valence-corrected chi connectivity index (χ1v) is 4.45. The van der Waals surface area contributed by atoms with Gasteiger partial charge in [0.15, 0.2) is 0 Å². The maximum atomic E-state index is 10.4. The second-order valence-corrected chi connectivity index (χ2v) is 3.34. The van der Waals surface area contributed by atoms with Gasteiger partial charge in [0, 0.05) is 6.20 Å². The number of nitrogens with zero attached hydrogens (tertiary/aromatic N) is 2. The molecule has 0 unspecified atom stereocenters. The van der Waals surface area contributed by atoms with Gasteiger partial charge in [0.1, 0.15) is 6.20 Å². The second-order valence-electron chi connectivity index (χ2n) is 2.03. The minimum Gasteiger partial charge on any atom is -0.258 e. The van der Waals surface area contributed by atoms with Gasteiger partial charge < -0.3 is 0 Å². The van der Waals surface area contributed by atoms with Crippen molar-refractivity contribution in [1.29, 1.82) is 0 Å². The molecule has 0 aliphatic rings. The van der Waals surface area contributed by atoms with Crippen molar-refractivity contribution in [2.75, 3.05) is 5.75 Å². The van der Waals surface area contributed by atoms with E-state index in [-0.39, 0.29) is 5.69 Å². The van der Waals surface area contributed by atoms with Crippen molar-refractivity contribution in [3.05, 3.63) is 28.6 Å². The number of hydrogen-bond donors (Lipinski definition) is 0. The maximum Gasteiger partial charge on any atom is 0.300 e. The number of nitro groups is 1. The molecule has 5 heteroatoms. The summed E-state index contributed by atoms with van der Waals surface area (Å²) in [6.45, 7) is 1.95. The maximum absolute atomic E-state index is 10.4. The molecule has 0 saturated heterocycles. The molecule has 0 bridgehead atoms. The van der Waals surface area contributed by atoms with Crippen molar-refractivity contribution in [3.63, 3.8) is 0 Å². The van der Waals surface area contributed by atoms with Gasteiger partial charge in [-0.15, -0.1) is 11.8 Å². The van der Waals surface area contributed by atoms with Crippen molar-refractivity contribution in [1.82, 2.24) is 4.98 Å². The van der Waals surface area contributed by atoms with Gasteiger partial charge in [0.05, 0.1) is 9.82 Å². The highest BCUT2D eigenvalue weighted by molar-refractivity contribution is 7.99. The molecule has 1 rings (SSSR count). The molecule has 0 N–H and O–H groups in total. The van der Waals surface area contributed by atoms with Crippen LogP contribution >= 0.6 is 11.8 Å². The van der Waals surface area contributed by atoms with Crippen molar-refractivity contribution >= 4 is 17.4 Å². The van der Waals surface area contributed by atoms with Gasteiger partial charge in [-0.1, -0.05) is 6.92 Å². The fraction of sp³-hybridized carbons (Fsp3) is 0.286. The van der Waals surface area contributed by atoms with Crippen molar-refractivity contribution in [3.8, 4) is 0 Å². The number of thioether (sulfide) groups is 1. The predicted molar refractivity (Wildman–Crippen MR) is 47.3 cm³/mol. The lowest BCUT2D eigenvalue weighted by molar-refractivity contribution is -0.388. The Morgan fingerprint density at radius 1 is 1.75 bits per heavy atom. The van der Waals surface area contributed by atoms with E-state index in [1.165, 1.54) is 18.0 Å². The average molecular weight is 184 g/mol. The smallest absolute Gasteiger partial charge is 0.258 e. The molecule has 1 aromatic rings. The van der Waals surface area contributed by atoms with Crippen LogP contribution in [0.15, 0.2) is 23.4 Å². The molecule has 0 amide bonds. The summed E-state index contributed by atoms with van der Waals surface area (Å²) in [5.41, 5.74) is 0.0874. The molecule has 0 aliphatic carbocycles. The van der Waals surface area contributed by atoms with E-state index in [0.29, 0.717) is 4.90 Å².